The van der Waals surface area contributed by atoms with Crippen molar-refractivity contribution in [1.82, 2.24) is 4.98 Å². The van der Waals surface area contributed by atoms with Crippen LogP contribution in [0.25, 0.3) is 10.8 Å². The third kappa shape index (κ3) is 3.92. The smallest absolute Gasteiger partial charge is 0.127 e. The molecule has 1 aromatic heterocycles. The van der Waals surface area contributed by atoms with Gasteiger partial charge in [-0.15, -0.1) is 0 Å². The van der Waals surface area contributed by atoms with Crippen LogP contribution in [-0.4, -0.2) is 10.1 Å². The van der Waals surface area contributed by atoms with Gasteiger partial charge in [0.1, 0.15) is 12.4 Å². The molecule has 0 radical (unpaired) electrons. The van der Waals surface area contributed by atoms with Crippen LogP contribution < -0.4 is 4.74 Å². The first kappa shape index (κ1) is 16.5. The Hall–Kier alpha value is -2.39. The number of nitrogens with zero attached hydrogens (tertiary/aromatic N) is 1. The number of aliphatic hydroxyl groups is 1. The minimum atomic E-state index is -0.395. The van der Waals surface area contributed by atoms with Crippen LogP contribution in [0.1, 0.15) is 43.4 Å². The van der Waals surface area contributed by atoms with Crippen molar-refractivity contribution in [2.24, 2.45) is 0 Å². The molecule has 0 aliphatic heterocycles. The van der Waals surface area contributed by atoms with E-state index in [2.05, 4.69) is 11.9 Å². The van der Waals surface area contributed by atoms with Crippen LogP contribution in [0.2, 0.25) is 0 Å². The standard InChI is InChI=1S/C21H23NO2/c1-2-3-9-20(23)17-7-4-6-16(13-17)15-24-21-10-5-8-18-14-22-12-11-19(18)21/h4-8,10-14,20,23H,2-3,9,15H2,1H3. The molecule has 0 amide bonds. The highest BCUT2D eigenvalue weighted by molar-refractivity contribution is 5.87. The molecule has 0 aliphatic rings. The fraction of sp³-hybridized carbons (Fsp3) is 0.286. The predicted molar refractivity (Wildman–Crippen MR) is 97.0 cm³/mol. The zero-order valence-electron chi connectivity index (χ0n) is 14.0. The quantitative estimate of drug-likeness (QED) is 0.663. The van der Waals surface area contributed by atoms with Gasteiger partial charge in [0.25, 0.3) is 0 Å². The van der Waals surface area contributed by atoms with Crippen LogP contribution in [0.15, 0.2) is 60.9 Å². The fourth-order valence-corrected chi connectivity index (χ4v) is 2.83. The van der Waals surface area contributed by atoms with Crippen LogP contribution in [0.3, 0.4) is 0 Å². The van der Waals surface area contributed by atoms with E-state index in [1.54, 1.807) is 6.20 Å². The molecule has 1 heterocycles. The van der Waals surface area contributed by atoms with Gasteiger partial charge in [-0.1, -0.05) is 50.1 Å². The molecular weight excluding hydrogens is 298 g/mol. The van der Waals surface area contributed by atoms with Gasteiger partial charge >= 0.3 is 0 Å². The Labute approximate surface area is 142 Å². The Morgan fingerprint density at radius 1 is 1.12 bits per heavy atom. The van der Waals surface area contributed by atoms with Crippen molar-refractivity contribution in [3.05, 3.63) is 72.1 Å². The van der Waals surface area contributed by atoms with Gasteiger partial charge in [0.15, 0.2) is 0 Å². The van der Waals surface area contributed by atoms with E-state index in [0.717, 1.165) is 46.9 Å². The monoisotopic (exact) mass is 321 g/mol. The van der Waals surface area contributed by atoms with Gasteiger partial charge in [0.2, 0.25) is 0 Å². The van der Waals surface area contributed by atoms with E-state index in [4.69, 9.17) is 4.74 Å². The Balaban J connectivity index is 1.72. The number of hydrogen-bond acceptors (Lipinski definition) is 3. The van der Waals surface area contributed by atoms with Crippen molar-refractivity contribution < 1.29 is 9.84 Å². The van der Waals surface area contributed by atoms with Crippen molar-refractivity contribution >= 4 is 10.8 Å². The van der Waals surface area contributed by atoms with Gasteiger partial charge in [0, 0.05) is 23.2 Å². The molecule has 1 N–H and O–H groups in total. The molecule has 0 aliphatic carbocycles. The molecule has 0 saturated carbocycles. The molecule has 0 spiro atoms. The largest absolute Gasteiger partial charge is 0.488 e. The Kier molecular flexibility index (Phi) is 5.44. The first-order chi connectivity index (χ1) is 11.8. The average Bonchev–Trinajstić information content (AvgIpc) is 2.64. The maximum Gasteiger partial charge on any atom is 0.127 e. The summed E-state index contributed by atoms with van der Waals surface area (Å²) >= 11 is 0. The summed E-state index contributed by atoms with van der Waals surface area (Å²) in [6.07, 6.45) is 6.15. The van der Waals surface area contributed by atoms with E-state index in [1.165, 1.54) is 0 Å². The summed E-state index contributed by atoms with van der Waals surface area (Å²) in [5, 5.41) is 12.4. The molecule has 3 aromatic rings. The summed E-state index contributed by atoms with van der Waals surface area (Å²) in [6, 6.07) is 16.0. The summed E-state index contributed by atoms with van der Waals surface area (Å²) in [7, 11) is 0. The topological polar surface area (TPSA) is 42.4 Å². The van der Waals surface area contributed by atoms with Crippen LogP contribution in [0.5, 0.6) is 5.75 Å². The Morgan fingerprint density at radius 3 is 2.88 bits per heavy atom. The normalized spacial score (nSPS) is 12.2. The molecule has 3 heteroatoms. The highest BCUT2D eigenvalue weighted by atomic mass is 16.5. The maximum atomic E-state index is 10.3. The van der Waals surface area contributed by atoms with E-state index in [1.807, 2.05) is 54.7 Å². The number of benzene rings is 2. The number of aromatic nitrogens is 1. The van der Waals surface area contributed by atoms with Crippen molar-refractivity contribution in [3.63, 3.8) is 0 Å². The molecule has 124 valence electrons. The lowest BCUT2D eigenvalue weighted by atomic mass is 10.0. The molecule has 1 unspecified atom stereocenters. The predicted octanol–water partition coefficient (Wildman–Crippen LogP) is 5.04. The lowest BCUT2D eigenvalue weighted by molar-refractivity contribution is 0.164. The van der Waals surface area contributed by atoms with Crippen molar-refractivity contribution in [2.45, 2.75) is 38.9 Å². The van der Waals surface area contributed by atoms with Crippen LogP contribution in [0, 0.1) is 0 Å². The lowest BCUT2D eigenvalue weighted by Crippen LogP contribution is -2.01. The van der Waals surface area contributed by atoms with Gasteiger partial charge in [-0.25, -0.2) is 0 Å². The SMILES string of the molecule is CCCCC(O)c1cccc(COc2cccc3cnccc23)c1. The van der Waals surface area contributed by atoms with Gasteiger partial charge < -0.3 is 9.84 Å². The number of ether oxygens (including phenoxy) is 1. The first-order valence-electron chi connectivity index (χ1n) is 8.50. The molecule has 0 fully saturated rings. The van der Waals surface area contributed by atoms with Gasteiger partial charge in [-0.3, -0.25) is 4.98 Å². The number of hydrogen-bond donors (Lipinski definition) is 1. The molecule has 2 aromatic carbocycles. The maximum absolute atomic E-state index is 10.3. The second kappa shape index (κ2) is 7.93. The van der Waals surface area contributed by atoms with Gasteiger partial charge in [-0.2, -0.15) is 0 Å². The lowest BCUT2D eigenvalue weighted by Gasteiger charge is -2.13. The fourth-order valence-electron chi connectivity index (χ4n) is 2.83. The van der Waals surface area contributed by atoms with E-state index in [0.29, 0.717) is 6.61 Å². The van der Waals surface area contributed by atoms with E-state index in [-0.39, 0.29) is 0 Å². The number of pyridine rings is 1. The summed E-state index contributed by atoms with van der Waals surface area (Å²) in [5.41, 5.74) is 2.03. The highest BCUT2D eigenvalue weighted by Crippen LogP contribution is 2.26. The minimum Gasteiger partial charge on any atom is -0.488 e. The summed E-state index contributed by atoms with van der Waals surface area (Å²) < 4.78 is 6.01. The highest BCUT2D eigenvalue weighted by Gasteiger charge is 2.08. The van der Waals surface area contributed by atoms with Gasteiger partial charge in [0.05, 0.1) is 6.10 Å². The van der Waals surface area contributed by atoms with Crippen molar-refractivity contribution in [3.8, 4) is 5.75 Å². The molecule has 24 heavy (non-hydrogen) atoms. The van der Waals surface area contributed by atoms with Crippen molar-refractivity contribution in [2.75, 3.05) is 0 Å². The minimum absolute atomic E-state index is 0.395. The third-order valence-corrected chi connectivity index (χ3v) is 4.20. The molecule has 3 nitrogen and oxygen atoms in total. The molecule has 1 atom stereocenters. The third-order valence-electron chi connectivity index (χ3n) is 4.20. The Bertz CT molecular complexity index is 795. The van der Waals surface area contributed by atoms with E-state index in [9.17, 15) is 5.11 Å². The molecule has 3 rings (SSSR count). The zero-order valence-corrected chi connectivity index (χ0v) is 14.0. The van der Waals surface area contributed by atoms with Crippen LogP contribution >= 0.6 is 0 Å². The van der Waals surface area contributed by atoms with Crippen LogP contribution in [0.4, 0.5) is 0 Å². The van der Waals surface area contributed by atoms with Crippen molar-refractivity contribution in [1.29, 1.82) is 0 Å². The summed E-state index contributed by atoms with van der Waals surface area (Å²) in [4.78, 5) is 4.14. The molecule has 0 bridgehead atoms. The van der Waals surface area contributed by atoms with Crippen LogP contribution in [-0.2, 0) is 6.61 Å². The van der Waals surface area contributed by atoms with E-state index >= 15 is 0 Å². The number of aliphatic hydroxyl groups excluding tert-OH is 1. The van der Waals surface area contributed by atoms with E-state index < -0.39 is 6.10 Å². The second-order valence-electron chi connectivity index (χ2n) is 6.04. The molecular formula is C21H23NO2. The average molecular weight is 321 g/mol. The van der Waals surface area contributed by atoms with Gasteiger partial charge in [-0.05, 0) is 35.7 Å². The summed E-state index contributed by atoms with van der Waals surface area (Å²) in [5.74, 6) is 0.854. The second-order valence-corrected chi connectivity index (χ2v) is 6.04. The Morgan fingerprint density at radius 2 is 2.00 bits per heavy atom. The number of fused-ring (bicyclic) bond motifs is 1. The summed E-state index contributed by atoms with van der Waals surface area (Å²) in [6.45, 7) is 2.62. The first-order valence-corrected chi connectivity index (χ1v) is 8.50. The zero-order chi connectivity index (χ0) is 16.8. The number of unbranched alkanes of at least 4 members (excludes halogenated alkanes) is 1. The molecule has 0 saturated heterocycles. The number of rotatable bonds is 7.